The predicted octanol–water partition coefficient (Wildman–Crippen LogP) is 4.09. The molecule has 3 rings (SSSR count). The van der Waals surface area contributed by atoms with E-state index in [0.29, 0.717) is 11.5 Å². The lowest BCUT2D eigenvalue weighted by molar-refractivity contribution is -0.126. The molecule has 2 aromatic carbocycles. The molecule has 0 radical (unpaired) electrons. The van der Waals surface area contributed by atoms with E-state index in [2.05, 4.69) is 0 Å². The maximum Gasteiger partial charge on any atom is 0.247 e. The SMILES string of the molecule is COc1ccc([C@H]2CCCN2C(=O)/C=C/c2cc(OC)cc(OC)c2)cc1. The molecule has 1 aliphatic rings. The first-order valence-corrected chi connectivity index (χ1v) is 9.00. The predicted molar refractivity (Wildman–Crippen MR) is 105 cm³/mol. The molecule has 1 aliphatic heterocycles. The number of hydrogen-bond donors (Lipinski definition) is 0. The fourth-order valence-corrected chi connectivity index (χ4v) is 3.39. The van der Waals surface area contributed by atoms with Crippen molar-refractivity contribution in [3.63, 3.8) is 0 Å². The molecule has 1 saturated heterocycles. The Bertz CT molecular complexity index is 791. The van der Waals surface area contributed by atoms with Crippen molar-refractivity contribution in [1.29, 1.82) is 0 Å². The van der Waals surface area contributed by atoms with E-state index in [4.69, 9.17) is 14.2 Å². The van der Waals surface area contributed by atoms with Crippen LogP contribution in [0, 0.1) is 0 Å². The molecule has 0 aliphatic carbocycles. The quantitative estimate of drug-likeness (QED) is 0.722. The fourth-order valence-electron chi connectivity index (χ4n) is 3.39. The number of carbonyl (C=O) groups is 1. The van der Waals surface area contributed by atoms with Gasteiger partial charge in [0.15, 0.2) is 0 Å². The van der Waals surface area contributed by atoms with E-state index in [9.17, 15) is 4.79 Å². The van der Waals surface area contributed by atoms with Crippen molar-refractivity contribution in [2.45, 2.75) is 18.9 Å². The molecule has 0 unspecified atom stereocenters. The van der Waals surface area contributed by atoms with E-state index in [1.165, 1.54) is 0 Å². The third kappa shape index (κ3) is 4.42. The van der Waals surface area contributed by atoms with Crippen LogP contribution in [0.3, 0.4) is 0 Å². The maximum atomic E-state index is 12.8. The molecule has 1 amide bonds. The van der Waals surface area contributed by atoms with Crippen LogP contribution in [0.25, 0.3) is 6.08 Å². The Morgan fingerprint density at radius 1 is 0.963 bits per heavy atom. The largest absolute Gasteiger partial charge is 0.497 e. The molecule has 0 N–H and O–H groups in total. The number of methoxy groups -OCH3 is 3. The summed E-state index contributed by atoms with van der Waals surface area (Å²) < 4.78 is 15.8. The Balaban J connectivity index is 1.75. The number of amides is 1. The molecular formula is C22H25NO4. The zero-order valence-electron chi connectivity index (χ0n) is 16.0. The normalized spacial score (nSPS) is 16.6. The monoisotopic (exact) mass is 367 g/mol. The van der Waals surface area contributed by atoms with Gasteiger partial charge in [0.25, 0.3) is 0 Å². The average Bonchev–Trinajstić information content (AvgIpc) is 3.21. The van der Waals surface area contributed by atoms with Crippen LogP contribution >= 0.6 is 0 Å². The van der Waals surface area contributed by atoms with Gasteiger partial charge in [-0.1, -0.05) is 12.1 Å². The van der Waals surface area contributed by atoms with Crippen LogP contribution in [0.4, 0.5) is 0 Å². The standard InChI is InChI=1S/C22H25NO4/c1-25-18-9-7-17(8-10-18)21-5-4-12-23(21)22(24)11-6-16-13-19(26-2)15-20(14-16)27-3/h6-11,13-15,21H,4-5,12H2,1-3H3/b11-6+/t21-/m1/s1. The summed E-state index contributed by atoms with van der Waals surface area (Å²) in [4.78, 5) is 14.7. The first-order valence-electron chi connectivity index (χ1n) is 9.00. The van der Waals surface area contributed by atoms with Crippen LogP contribution in [-0.2, 0) is 4.79 Å². The Labute approximate surface area is 160 Å². The first kappa shape index (κ1) is 18.8. The second kappa shape index (κ2) is 8.62. The summed E-state index contributed by atoms with van der Waals surface area (Å²) in [7, 11) is 4.87. The number of nitrogens with zero attached hydrogens (tertiary/aromatic N) is 1. The summed E-state index contributed by atoms with van der Waals surface area (Å²) in [6.45, 7) is 0.765. The number of benzene rings is 2. The van der Waals surface area contributed by atoms with Crippen LogP contribution in [0.5, 0.6) is 17.2 Å². The maximum absolute atomic E-state index is 12.8. The number of ether oxygens (including phenoxy) is 3. The topological polar surface area (TPSA) is 48.0 Å². The molecule has 5 heteroatoms. The van der Waals surface area contributed by atoms with E-state index in [-0.39, 0.29) is 11.9 Å². The minimum absolute atomic E-state index is 0.00936. The van der Waals surface area contributed by atoms with E-state index in [0.717, 1.165) is 36.3 Å². The summed E-state index contributed by atoms with van der Waals surface area (Å²) in [5, 5.41) is 0. The third-order valence-corrected chi connectivity index (χ3v) is 4.83. The van der Waals surface area contributed by atoms with Crippen molar-refractivity contribution in [1.82, 2.24) is 4.90 Å². The van der Waals surface area contributed by atoms with Crippen molar-refractivity contribution < 1.29 is 19.0 Å². The second-order valence-corrected chi connectivity index (χ2v) is 6.44. The molecule has 0 aromatic heterocycles. The molecule has 0 bridgehead atoms. The molecule has 1 atom stereocenters. The molecule has 2 aromatic rings. The van der Waals surface area contributed by atoms with Gasteiger partial charge in [-0.15, -0.1) is 0 Å². The smallest absolute Gasteiger partial charge is 0.247 e. The van der Waals surface area contributed by atoms with Crippen molar-refractivity contribution in [3.05, 3.63) is 59.7 Å². The fraction of sp³-hybridized carbons (Fsp3) is 0.318. The van der Waals surface area contributed by atoms with Crippen LogP contribution in [0.1, 0.15) is 30.0 Å². The molecule has 0 spiro atoms. The summed E-state index contributed by atoms with van der Waals surface area (Å²) in [5.74, 6) is 2.22. The Morgan fingerprint density at radius 3 is 2.19 bits per heavy atom. The van der Waals surface area contributed by atoms with Gasteiger partial charge in [0.1, 0.15) is 17.2 Å². The summed E-state index contributed by atoms with van der Waals surface area (Å²) in [6.07, 6.45) is 5.40. The van der Waals surface area contributed by atoms with Crippen LogP contribution in [0.2, 0.25) is 0 Å². The molecule has 27 heavy (non-hydrogen) atoms. The molecule has 1 heterocycles. The van der Waals surface area contributed by atoms with E-state index >= 15 is 0 Å². The third-order valence-electron chi connectivity index (χ3n) is 4.83. The van der Waals surface area contributed by atoms with Crippen LogP contribution < -0.4 is 14.2 Å². The number of likely N-dealkylation sites (tertiary alicyclic amines) is 1. The van der Waals surface area contributed by atoms with E-state index < -0.39 is 0 Å². The highest BCUT2D eigenvalue weighted by Gasteiger charge is 2.28. The van der Waals surface area contributed by atoms with E-state index in [1.54, 1.807) is 39.5 Å². The lowest BCUT2D eigenvalue weighted by atomic mass is 10.0. The van der Waals surface area contributed by atoms with Gasteiger partial charge >= 0.3 is 0 Å². The van der Waals surface area contributed by atoms with Crippen LogP contribution in [0.15, 0.2) is 48.5 Å². The highest BCUT2D eigenvalue weighted by molar-refractivity contribution is 5.92. The number of carbonyl (C=O) groups excluding carboxylic acids is 1. The van der Waals surface area contributed by atoms with Crippen molar-refractivity contribution >= 4 is 12.0 Å². The highest BCUT2D eigenvalue weighted by Crippen LogP contribution is 2.33. The van der Waals surface area contributed by atoms with Gasteiger partial charge in [0.2, 0.25) is 5.91 Å². The average molecular weight is 367 g/mol. The summed E-state index contributed by atoms with van der Waals surface area (Å²) in [6, 6.07) is 13.6. The Morgan fingerprint density at radius 2 is 1.59 bits per heavy atom. The minimum Gasteiger partial charge on any atom is -0.497 e. The second-order valence-electron chi connectivity index (χ2n) is 6.44. The number of rotatable bonds is 6. The van der Waals surface area contributed by atoms with Crippen molar-refractivity contribution in [3.8, 4) is 17.2 Å². The molecule has 1 fully saturated rings. The van der Waals surface area contributed by atoms with E-state index in [1.807, 2.05) is 41.3 Å². The van der Waals surface area contributed by atoms with Gasteiger partial charge in [0, 0.05) is 18.7 Å². The Kier molecular flexibility index (Phi) is 6.01. The van der Waals surface area contributed by atoms with Gasteiger partial charge in [0.05, 0.1) is 27.4 Å². The van der Waals surface area contributed by atoms with Gasteiger partial charge in [-0.25, -0.2) is 0 Å². The van der Waals surface area contributed by atoms with Gasteiger partial charge in [-0.3, -0.25) is 4.79 Å². The first-order chi connectivity index (χ1) is 13.1. The molecule has 0 saturated carbocycles. The zero-order valence-corrected chi connectivity index (χ0v) is 16.0. The van der Waals surface area contributed by atoms with Gasteiger partial charge in [-0.05, 0) is 54.3 Å². The molecule has 142 valence electrons. The van der Waals surface area contributed by atoms with Crippen molar-refractivity contribution in [2.24, 2.45) is 0 Å². The van der Waals surface area contributed by atoms with Gasteiger partial charge < -0.3 is 19.1 Å². The Hall–Kier alpha value is -2.95. The minimum atomic E-state index is 0.00936. The lowest BCUT2D eigenvalue weighted by Crippen LogP contribution is -2.28. The zero-order chi connectivity index (χ0) is 19.2. The van der Waals surface area contributed by atoms with Gasteiger partial charge in [-0.2, -0.15) is 0 Å². The number of hydrogen-bond acceptors (Lipinski definition) is 4. The summed E-state index contributed by atoms with van der Waals surface area (Å²) >= 11 is 0. The van der Waals surface area contributed by atoms with Crippen LogP contribution in [-0.4, -0.2) is 38.7 Å². The molecular weight excluding hydrogens is 342 g/mol. The van der Waals surface area contributed by atoms with Crippen molar-refractivity contribution in [2.75, 3.05) is 27.9 Å². The summed E-state index contributed by atoms with van der Waals surface area (Å²) in [5.41, 5.74) is 2.00. The lowest BCUT2D eigenvalue weighted by Gasteiger charge is -2.24. The highest BCUT2D eigenvalue weighted by atomic mass is 16.5. The molecule has 5 nitrogen and oxygen atoms in total.